The minimum absolute atomic E-state index is 0.433. The first-order valence-corrected chi connectivity index (χ1v) is 6.00. The molecule has 0 amide bonds. The van der Waals surface area contributed by atoms with Gasteiger partial charge >= 0.3 is 5.97 Å². The lowest BCUT2D eigenvalue weighted by molar-refractivity contribution is 0.0696. The molecule has 0 fully saturated rings. The van der Waals surface area contributed by atoms with Crippen LogP contribution < -0.4 is 0 Å². The Hall–Kier alpha value is -0.960. The maximum Gasteiger partial charge on any atom is 0.336 e. The van der Waals surface area contributed by atoms with E-state index in [9.17, 15) is 4.79 Å². The standard InChI is InChI=1S/C12H16O2S/c1-8(2)15-7-10-5-4-9(3)6-11(10)12(13)14/h4-6,8H,7H2,1-3H3,(H,13,14). The summed E-state index contributed by atoms with van der Waals surface area (Å²) >= 11 is 1.76. The highest BCUT2D eigenvalue weighted by Crippen LogP contribution is 2.21. The number of thioether (sulfide) groups is 1. The molecule has 2 nitrogen and oxygen atoms in total. The lowest BCUT2D eigenvalue weighted by Crippen LogP contribution is -2.03. The van der Waals surface area contributed by atoms with E-state index in [2.05, 4.69) is 13.8 Å². The van der Waals surface area contributed by atoms with Crippen LogP contribution in [0.1, 0.15) is 35.3 Å². The van der Waals surface area contributed by atoms with E-state index in [-0.39, 0.29) is 0 Å². The second kappa shape index (κ2) is 5.21. The molecule has 0 aliphatic carbocycles. The first-order chi connectivity index (χ1) is 7.00. The fourth-order valence-electron chi connectivity index (χ4n) is 1.27. The van der Waals surface area contributed by atoms with Crippen LogP contribution in [0.3, 0.4) is 0 Å². The van der Waals surface area contributed by atoms with E-state index < -0.39 is 5.97 Å². The summed E-state index contributed by atoms with van der Waals surface area (Å²) in [5, 5.41) is 9.57. The molecule has 0 heterocycles. The number of benzene rings is 1. The first kappa shape index (κ1) is 12.1. The Bertz CT molecular complexity index is 359. The van der Waals surface area contributed by atoms with Crippen LogP contribution in [0, 0.1) is 6.92 Å². The zero-order valence-corrected chi connectivity index (χ0v) is 10.1. The van der Waals surface area contributed by atoms with Gasteiger partial charge in [0, 0.05) is 5.75 Å². The second-order valence-corrected chi connectivity index (χ2v) is 5.39. The van der Waals surface area contributed by atoms with Gasteiger partial charge in [-0.1, -0.05) is 31.5 Å². The molecule has 3 heteroatoms. The number of carboxylic acid groups (broad SMARTS) is 1. The molecule has 0 aliphatic heterocycles. The average Bonchev–Trinajstić information content (AvgIpc) is 2.15. The van der Waals surface area contributed by atoms with Crippen molar-refractivity contribution in [2.75, 3.05) is 0 Å². The van der Waals surface area contributed by atoms with E-state index in [0.717, 1.165) is 16.9 Å². The smallest absolute Gasteiger partial charge is 0.336 e. The van der Waals surface area contributed by atoms with Crippen molar-refractivity contribution in [1.29, 1.82) is 0 Å². The van der Waals surface area contributed by atoms with Gasteiger partial charge < -0.3 is 5.11 Å². The first-order valence-electron chi connectivity index (χ1n) is 4.95. The summed E-state index contributed by atoms with van der Waals surface area (Å²) in [5.74, 6) is -0.0717. The van der Waals surface area contributed by atoms with Crippen LogP contribution in [0.2, 0.25) is 0 Å². The van der Waals surface area contributed by atoms with Gasteiger partial charge in [0.2, 0.25) is 0 Å². The number of carbonyl (C=O) groups is 1. The van der Waals surface area contributed by atoms with Gasteiger partial charge in [0.05, 0.1) is 5.56 Å². The molecule has 1 aromatic rings. The Morgan fingerprint density at radius 2 is 2.13 bits per heavy atom. The van der Waals surface area contributed by atoms with Crippen molar-refractivity contribution >= 4 is 17.7 Å². The number of aromatic carboxylic acids is 1. The Morgan fingerprint density at radius 1 is 1.47 bits per heavy atom. The van der Waals surface area contributed by atoms with Crippen LogP contribution in [0.15, 0.2) is 18.2 Å². The lowest BCUT2D eigenvalue weighted by Gasteiger charge is -2.08. The molecular formula is C12H16O2S. The van der Waals surface area contributed by atoms with Crippen molar-refractivity contribution in [3.63, 3.8) is 0 Å². The van der Waals surface area contributed by atoms with Crippen LogP contribution in [-0.4, -0.2) is 16.3 Å². The maximum absolute atomic E-state index is 11.0. The molecule has 82 valence electrons. The van der Waals surface area contributed by atoms with Gasteiger partial charge in [-0.05, 0) is 23.8 Å². The van der Waals surface area contributed by atoms with Crippen molar-refractivity contribution in [3.05, 3.63) is 34.9 Å². The maximum atomic E-state index is 11.0. The molecule has 1 aromatic carbocycles. The summed E-state index contributed by atoms with van der Waals surface area (Å²) in [5.41, 5.74) is 2.33. The predicted molar refractivity (Wildman–Crippen MR) is 64.6 cm³/mol. The molecule has 0 unspecified atom stereocenters. The van der Waals surface area contributed by atoms with Crippen molar-refractivity contribution in [1.82, 2.24) is 0 Å². The van der Waals surface area contributed by atoms with Gasteiger partial charge in [-0.15, -0.1) is 0 Å². The third-order valence-corrected chi connectivity index (χ3v) is 3.21. The quantitative estimate of drug-likeness (QED) is 0.852. The van der Waals surface area contributed by atoms with Crippen molar-refractivity contribution < 1.29 is 9.90 Å². The normalized spacial score (nSPS) is 10.7. The summed E-state index contributed by atoms with van der Waals surface area (Å²) in [7, 11) is 0. The van der Waals surface area contributed by atoms with E-state index in [1.807, 2.05) is 19.1 Å². The molecule has 0 aliphatic rings. The van der Waals surface area contributed by atoms with Gasteiger partial charge in [0.1, 0.15) is 0 Å². The predicted octanol–water partition coefficient (Wildman–Crippen LogP) is 3.33. The van der Waals surface area contributed by atoms with E-state index in [0.29, 0.717) is 10.8 Å². The van der Waals surface area contributed by atoms with Crippen LogP contribution in [-0.2, 0) is 5.75 Å². The molecule has 0 aromatic heterocycles. The summed E-state index contributed by atoms with van der Waals surface area (Å²) < 4.78 is 0. The number of aryl methyl sites for hydroxylation is 1. The second-order valence-electron chi connectivity index (χ2n) is 3.83. The van der Waals surface area contributed by atoms with E-state index >= 15 is 0 Å². The third kappa shape index (κ3) is 3.59. The SMILES string of the molecule is Cc1ccc(CSC(C)C)c(C(=O)O)c1. The fraction of sp³-hybridized carbons (Fsp3) is 0.417. The minimum Gasteiger partial charge on any atom is -0.478 e. The van der Waals surface area contributed by atoms with Gasteiger partial charge in [-0.3, -0.25) is 0 Å². The lowest BCUT2D eigenvalue weighted by atomic mass is 10.1. The van der Waals surface area contributed by atoms with Crippen LogP contribution in [0.5, 0.6) is 0 Å². The largest absolute Gasteiger partial charge is 0.478 e. The molecule has 0 bridgehead atoms. The average molecular weight is 224 g/mol. The van der Waals surface area contributed by atoms with E-state index in [1.54, 1.807) is 17.8 Å². The Morgan fingerprint density at radius 3 is 2.67 bits per heavy atom. The number of rotatable bonds is 4. The van der Waals surface area contributed by atoms with Gasteiger partial charge in [0.25, 0.3) is 0 Å². The summed E-state index contributed by atoms with van der Waals surface area (Å²) in [4.78, 5) is 11.0. The van der Waals surface area contributed by atoms with Gasteiger partial charge in [0.15, 0.2) is 0 Å². The van der Waals surface area contributed by atoms with E-state index in [4.69, 9.17) is 5.11 Å². The Kier molecular flexibility index (Phi) is 4.21. The zero-order valence-electron chi connectivity index (χ0n) is 9.28. The molecule has 1 rings (SSSR count). The highest BCUT2D eigenvalue weighted by atomic mass is 32.2. The molecule has 0 saturated carbocycles. The molecule has 0 spiro atoms. The molecule has 0 radical (unpaired) electrons. The zero-order chi connectivity index (χ0) is 11.4. The minimum atomic E-state index is -0.835. The van der Waals surface area contributed by atoms with Crippen LogP contribution in [0.25, 0.3) is 0 Å². The highest BCUT2D eigenvalue weighted by Gasteiger charge is 2.10. The molecule has 0 atom stereocenters. The molecule has 15 heavy (non-hydrogen) atoms. The molecule has 0 saturated heterocycles. The summed E-state index contributed by atoms with van der Waals surface area (Å²) in [6.45, 7) is 6.13. The number of carboxylic acids is 1. The Balaban J connectivity index is 2.91. The Labute approximate surface area is 94.7 Å². The van der Waals surface area contributed by atoms with Crippen molar-refractivity contribution in [2.24, 2.45) is 0 Å². The van der Waals surface area contributed by atoms with Crippen LogP contribution >= 0.6 is 11.8 Å². The fourth-order valence-corrected chi connectivity index (χ4v) is 2.04. The van der Waals surface area contributed by atoms with Gasteiger partial charge in [-0.2, -0.15) is 11.8 Å². The number of hydrogen-bond acceptors (Lipinski definition) is 2. The summed E-state index contributed by atoms with van der Waals surface area (Å²) in [6.07, 6.45) is 0. The van der Waals surface area contributed by atoms with Crippen molar-refractivity contribution in [2.45, 2.75) is 31.8 Å². The topological polar surface area (TPSA) is 37.3 Å². The molecule has 1 N–H and O–H groups in total. The highest BCUT2D eigenvalue weighted by molar-refractivity contribution is 7.99. The monoisotopic (exact) mass is 224 g/mol. The number of hydrogen-bond donors (Lipinski definition) is 1. The van der Waals surface area contributed by atoms with Crippen molar-refractivity contribution in [3.8, 4) is 0 Å². The van der Waals surface area contributed by atoms with Gasteiger partial charge in [-0.25, -0.2) is 4.79 Å². The third-order valence-electron chi connectivity index (χ3n) is 2.07. The van der Waals surface area contributed by atoms with Crippen LogP contribution in [0.4, 0.5) is 0 Å². The summed E-state index contributed by atoms with van der Waals surface area (Å²) in [6, 6.07) is 5.61. The van der Waals surface area contributed by atoms with E-state index in [1.165, 1.54) is 0 Å². The molecular weight excluding hydrogens is 208 g/mol.